The summed E-state index contributed by atoms with van der Waals surface area (Å²) in [6.07, 6.45) is 8.67. The number of benzene rings is 1. The van der Waals surface area contributed by atoms with E-state index in [9.17, 15) is 14.7 Å². The van der Waals surface area contributed by atoms with Crippen LogP contribution in [0, 0.1) is 0 Å². The molecule has 1 amide bonds. The maximum atomic E-state index is 13.1. The highest BCUT2D eigenvalue weighted by Gasteiger charge is 2.45. The van der Waals surface area contributed by atoms with Gasteiger partial charge in [-0.2, -0.15) is 0 Å². The molecule has 1 fully saturated rings. The summed E-state index contributed by atoms with van der Waals surface area (Å²) < 4.78 is 0.865. The van der Waals surface area contributed by atoms with E-state index in [0.29, 0.717) is 17.7 Å². The summed E-state index contributed by atoms with van der Waals surface area (Å²) in [7, 11) is 0. The van der Waals surface area contributed by atoms with Crippen molar-refractivity contribution in [2.24, 2.45) is 0 Å². The van der Waals surface area contributed by atoms with E-state index in [4.69, 9.17) is 0 Å². The third-order valence-corrected chi connectivity index (χ3v) is 6.72. The highest BCUT2D eigenvalue weighted by molar-refractivity contribution is 9.10. The molecule has 1 aromatic carbocycles. The Balaban J connectivity index is 1.87. The van der Waals surface area contributed by atoms with Gasteiger partial charge in [0.25, 0.3) is 11.7 Å². The number of carbonyl (C=O) groups excluding carboxylic acids is 2. The Bertz CT molecular complexity index is 984. The van der Waals surface area contributed by atoms with Gasteiger partial charge >= 0.3 is 0 Å². The lowest BCUT2D eigenvalue weighted by Crippen LogP contribution is -2.34. The van der Waals surface area contributed by atoms with Crippen LogP contribution in [0.15, 0.2) is 58.8 Å². The molecule has 34 heavy (non-hydrogen) atoms. The molecule has 0 saturated carbocycles. The predicted octanol–water partition coefficient (Wildman–Crippen LogP) is 5.56. The molecule has 1 atom stereocenters. The summed E-state index contributed by atoms with van der Waals surface area (Å²) in [6, 6.07) is 10.0. The lowest BCUT2D eigenvalue weighted by molar-refractivity contribution is -0.140. The van der Waals surface area contributed by atoms with Crippen LogP contribution in [0.1, 0.15) is 63.1 Å². The van der Waals surface area contributed by atoms with E-state index < -0.39 is 17.7 Å². The Morgan fingerprint density at radius 1 is 1.03 bits per heavy atom. The number of amides is 1. The quantitative estimate of drug-likeness (QED) is 0.222. The van der Waals surface area contributed by atoms with Crippen molar-refractivity contribution in [1.82, 2.24) is 14.8 Å². The van der Waals surface area contributed by atoms with Crippen LogP contribution in [0.4, 0.5) is 0 Å². The highest BCUT2D eigenvalue weighted by Crippen LogP contribution is 2.39. The van der Waals surface area contributed by atoms with E-state index in [2.05, 4.69) is 39.7 Å². The summed E-state index contributed by atoms with van der Waals surface area (Å²) in [5.41, 5.74) is 1.34. The second-order valence-electron chi connectivity index (χ2n) is 8.69. The fourth-order valence-electron chi connectivity index (χ4n) is 4.32. The van der Waals surface area contributed by atoms with Crippen molar-refractivity contribution in [3.05, 3.63) is 70.0 Å². The van der Waals surface area contributed by atoms with Gasteiger partial charge in [0.2, 0.25) is 0 Å². The third kappa shape index (κ3) is 6.33. The van der Waals surface area contributed by atoms with Gasteiger partial charge in [0.05, 0.1) is 11.6 Å². The van der Waals surface area contributed by atoms with Gasteiger partial charge in [0, 0.05) is 29.0 Å². The van der Waals surface area contributed by atoms with E-state index in [-0.39, 0.29) is 11.3 Å². The number of hydrogen-bond donors (Lipinski definition) is 1. The molecule has 6 nitrogen and oxygen atoms in total. The molecule has 0 spiro atoms. The normalized spacial score (nSPS) is 17.6. The second kappa shape index (κ2) is 12.8. The number of pyridine rings is 1. The zero-order chi connectivity index (χ0) is 24.5. The molecule has 182 valence electrons. The first-order valence-electron chi connectivity index (χ1n) is 12.1. The number of aliphatic hydroxyl groups is 1. The van der Waals surface area contributed by atoms with Crippen LogP contribution in [0.2, 0.25) is 0 Å². The molecule has 1 saturated heterocycles. The molecular formula is C27H34BrN3O3. The minimum atomic E-state index is -0.655. The zero-order valence-electron chi connectivity index (χ0n) is 20.0. The number of hydrogen-bond acceptors (Lipinski definition) is 5. The Kier molecular flexibility index (Phi) is 9.84. The number of carbonyl (C=O) groups is 2. The molecule has 1 aromatic heterocycles. The van der Waals surface area contributed by atoms with Crippen molar-refractivity contribution in [2.45, 2.75) is 52.0 Å². The second-order valence-corrected chi connectivity index (χ2v) is 9.60. The number of nitrogens with zero attached hydrogens (tertiary/aromatic N) is 3. The third-order valence-electron chi connectivity index (χ3n) is 6.19. The van der Waals surface area contributed by atoms with Gasteiger partial charge in [-0.05, 0) is 62.7 Å². The smallest absolute Gasteiger partial charge is 0.295 e. The SMILES string of the molecule is CCCCN(CCCC)CCCN1C(=O)C(=O)/C(=C(/O)c2ccc(Br)cc2)C1c1cccnc1. The first-order valence-corrected chi connectivity index (χ1v) is 12.9. The molecule has 2 heterocycles. The lowest BCUT2D eigenvalue weighted by Gasteiger charge is -2.27. The summed E-state index contributed by atoms with van der Waals surface area (Å²) >= 11 is 3.39. The molecule has 7 heteroatoms. The number of unbranched alkanes of at least 4 members (excludes halogenated alkanes) is 2. The van der Waals surface area contributed by atoms with Gasteiger partial charge in [-0.25, -0.2) is 0 Å². The predicted molar refractivity (Wildman–Crippen MR) is 138 cm³/mol. The summed E-state index contributed by atoms with van der Waals surface area (Å²) in [5, 5.41) is 11.1. The summed E-state index contributed by atoms with van der Waals surface area (Å²) in [6.45, 7) is 7.79. The minimum Gasteiger partial charge on any atom is -0.507 e. The van der Waals surface area contributed by atoms with Crippen LogP contribution in [0.5, 0.6) is 0 Å². The van der Waals surface area contributed by atoms with E-state index in [1.807, 2.05) is 6.07 Å². The average Bonchev–Trinajstić information content (AvgIpc) is 3.11. The first kappa shape index (κ1) is 26.1. The number of aromatic nitrogens is 1. The molecule has 0 radical (unpaired) electrons. The number of ketones is 1. The maximum Gasteiger partial charge on any atom is 0.295 e. The molecule has 3 rings (SSSR count). The van der Waals surface area contributed by atoms with Gasteiger partial charge in [0.1, 0.15) is 5.76 Å². The monoisotopic (exact) mass is 527 g/mol. The van der Waals surface area contributed by atoms with Crippen molar-refractivity contribution in [2.75, 3.05) is 26.2 Å². The first-order chi connectivity index (χ1) is 16.5. The molecule has 0 aliphatic carbocycles. The van der Waals surface area contributed by atoms with Crippen molar-refractivity contribution < 1.29 is 14.7 Å². The summed E-state index contributed by atoms with van der Waals surface area (Å²) in [4.78, 5) is 34.5. The molecular weight excluding hydrogens is 494 g/mol. The molecule has 0 bridgehead atoms. The van der Waals surface area contributed by atoms with Crippen molar-refractivity contribution in [3.8, 4) is 0 Å². The number of aliphatic hydroxyl groups excluding tert-OH is 1. The Hall–Kier alpha value is -2.51. The topological polar surface area (TPSA) is 73.7 Å². The molecule has 1 aliphatic heterocycles. The molecule has 2 aromatic rings. The van der Waals surface area contributed by atoms with Crippen molar-refractivity contribution >= 4 is 33.4 Å². The molecule has 1 unspecified atom stereocenters. The summed E-state index contributed by atoms with van der Waals surface area (Å²) in [5.74, 6) is -1.38. The van der Waals surface area contributed by atoms with Crippen LogP contribution in [0.25, 0.3) is 5.76 Å². The molecule has 1 N–H and O–H groups in total. The zero-order valence-corrected chi connectivity index (χ0v) is 21.6. The lowest BCUT2D eigenvalue weighted by atomic mass is 9.96. The highest BCUT2D eigenvalue weighted by atomic mass is 79.9. The largest absolute Gasteiger partial charge is 0.507 e. The minimum absolute atomic E-state index is 0.120. The fourth-order valence-corrected chi connectivity index (χ4v) is 4.59. The van der Waals surface area contributed by atoms with Crippen LogP contribution < -0.4 is 0 Å². The van der Waals surface area contributed by atoms with E-state index in [1.165, 1.54) is 0 Å². The van der Waals surface area contributed by atoms with Crippen LogP contribution in [0.3, 0.4) is 0 Å². The number of rotatable bonds is 12. The van der Waals surface area contributed by atoms with Gasteiger partial charge in [-0.15, -0.1) is 0 Å². The number of halogens is 1. The van der Waals surface area contributed by atoms with E-state index >= 15 is 0 Å². The van der Waals surface area contributed by atoms with Crippen LogP contribution in [-0.4, -0.2) is 57.8 Å². The Morgan fingerprint density at radius 2 is 1.68 bits per heavy atom. The van der Waals surface area contributed by atoms with Gasteiger partial charge in [-0.3, -0.25) is 14.6 Å². The Morgan fingerprint density at radius 3 is 2.26 bits per heavy atom. The van der Waals surface area contributed by atoms with Crippen molar-refractivity contribution in [3.63, 3.8) is 0 Å². The number of Topliss-reactive ketones (excluding diaryl/α,β-unsaturated/α-hetero) is 1. The van der Waals surface area contributed by atoms with Crippen molar-refractivity contribution in [1.29, 1.82) is 0 Å². The number of likely N-dealkylation sites (tertiary alicyclic amines) is 1. The standard InChI is InChI=1S/C27H34BrN3O3/c1-3-5-15-30(16-6-4-2)17-8-18-31-24(21-9-7-14-29-19-21)23(26(33)27(31)34)25(32)20-10-12-22(28)13-11-20/h7,9-14,19,24,32H,3-6,8,15-18H2,1-2H3/b25-23+. The fraction of sp³-hybridized carbons (Fsp3) is 0.444. The average molecular weight is 528 g/mol. The van der Waals surface area contributed by atoms with Gasteiger partial charge in [0.15, 0.2) is 0 Å². The van der Waals surface area contributed by atoms with Gasteiger partial charge in [-0.1, -0.05) is 60.8 Å². The maximum absolute atomic E-state index is 13.1. The Labute approximate surface area is 210 Å². The van der Waals surface area contributed by atoms with Crippen LogP contribution in [-0.2, 0) is 9.59 Å². The molecule has 1 aliphatic rings. The van der Waals surface area contributed by atoms with Crippen LogP contribution >= 0.6 is 15.9 Å². The van der Waals surface area contributed by atoms with E-state index in [0.717, 1.165) is 56.2 Å². The van der Waals surface area contributed by atoms with E-state index in [1.54, 1.807) is 47.6 Å². The van der Waals surface area contributed by atoms with Gasteiger partial charge < -0.3 is 14.9 Å².